The molecule has 0 fully saturated rings. The maximum absolute atomic E-state index is 11.7. The van der Waals surface area contributed by atoms with Crippen molar-refractivity contribution < 1.29 is 8.42 Å². The molecule has 0 saturated carbocycles. The van der Waals surface area contributed by atoms with Crippen LogP contribution in [0, 0.1) is 12.8 Å². The molecule has 2 aromatic heterocycles. The zero-order valence-electron chi connectivity index (χ0n) is 15.4. The minimum absolute atomic E-state index is 0.117. The molecule has 8 heteroatoms. The summed E-state index contributed by atoms with van der Waals surface area (Å²) in [5.74, 6) is 0.451. The summed E-state index contributed by atoms with van der Waals surface area (Å²) in [6, 6.07) is 8.15. The monoisotopic (exact) mass is 377 g/mol. The first-order valence-corrected chi connectivity index (χ1v) is 10.7. The minimum Gasteiger partial charge on any atom is -0.291 e. The number of hydrogen-bond acceptors (Lipinski definition) is 5. The van der Waals surface area contributed by atoms with E-state index < -0.39 is 10.0 Å². The number of nitrogens with zero attached hydrogens (tertiary/aromatic N) is 4. The van der Waals surface area contributed by atoms with E-state index in [9.17, 15) is 8.42 Å². The van der Waals surface area contributed by atoms with Gasteiger partial charge in [0.15, 0.2) is 0 Å². The molecule has 1 N–H and O–H groups in total. The summed E-state index contributed by atoms with van der Waals surface area (Å²) in [6.07, 6.45) is 2.62. The van der Waals surface area contributed by atoms with E-state index in [0.717, 1.165) is 44.0 Å². The third kappa shape index (κ3) is 5.12. The number of aryl methyl sites for hydroxylation is 1. The quantitative estimate of drug-likeness (QED) is 0.792. The number of hydrogen-bond donors (Lipinski definition) is 1. The van der Waals surface area contributed by atoms with Crippen LogP contribution in [0.3, 0.4) is 0 Å². The highest BCUT2D eigenvalue weighted by Gasteiger charge is 2.23. The zero-order chi connectivity index (χ0) is 18.6. The summed E-state index contributed by atoms with van der Waals surface area (Å²) in [5.41, 5.74) is 3.27. The number of rotatable bonds is 7. The standard InChI is InChI=1S/C18H27N5O2S/c1-3-26(24,25)20-10-7-16-11-22(13-17-6-4-5-15(2)21-17)14-18-8-9-19-23(18)12-16/h4-6,8-9,16,20H,3,7,10-14H2,1-2H3/t16-/m0/s1. The summed E-state index contributed by atoms with van der Waals surface area (Å²) >= 11 is 0. The smallest absolute Gasteiger partial charge is 0.211 e. The maximum atomic E-state index is 11.7. The lowest BCUT2D eigenvalue weighted by Gasteiger charge is -2.23. The molecule has 0 aliphatic carbocycles. The molecule has 1 aliphatic rings. The maximum Gasteiger partial charge on any atom is 0.211 e. The average molecular weight is 378 g/mol. The van der Waals surface area contributed by atoms with Crippen LogP contribution in [0.4, 0.5) is 0 Å². The highest BCUT2D eigenvalue weighted by molar-refractivity contribution is 7.89. The Bertz CT molecular complexity index is 834. The first kappa shape index (κ1) is 19.0. The lowest BCUT2D eigenvalue weighted by Crippen LogP contribution is -2.32. The van der Waals surface area contributed by atoms with E-state index in [2.05, 4.69) is 31.8 Å². The number of aromatic nitrogens is 3. The van der Waals surface area contributed by atoms with Gasteiger partial charge in [-0.05, 0) is 44.4 Å². The van der Waals surface area contributed by atoms with Gasteiger partial charge >= 0.3 is 0 Å². The molecule has 3 rings (SSSR count). The highest BCUT2D eigenvalue weighted by Crippen LogP contribution is 2.19. The van der Waals surface area contributed by atoms with Crippen molar-refractivity contribution in [2.45, 2.75) is 39.9 Å². The Morgan fingerprint density at radius 1 is 1.27 bits per heavy atom. The average Bonchev–Trinajstić information content (AvgIpc) is 2.94. The number of sulfonamides is 1. The molecule has 142 valence electrons. The SMILES string of the molecule is CCS(=O)(=O)NCC[C@H]1CN(Cc2cccc(C)n2)Cc2ccnn2C1. The van der Waals surface area contributed by atoms with Crippen LogP contribution in [0.25, 0.3) is 0 Å². The molecular weight excluding hydrogens is 350 g/mol. The Morgan fingerprint density at radius 3 is 2.88 bits per heavy atom. The van der Waals surface area contributed by atoms with Crippen LogP contribution in [0.15, 0.2) is 30.5 Å². The van der Waals surface area contributed by atoms with Crippen LogP contribution >= 0.6 is 0 Å². The third-order valence-electron chi connectivity index (χ3n) is 4.72. The Hall–Kier alpha value is -1.77. The highest BCUT2D eigenvalue weighted by atomic mass is 32.2. The molecule has 0 aromatic carbocycles. The fourth-order valence-corrected chi connectivity index (χ4v) is 3.99. The van der Waals surface area contributed by atoms with Gasteiger partial charge in [-0.25, -0.2) is 13.1 Å². The summed E-state index contributed by atoms with van der Waals surface area (Å²) in [5, 5.41) is 4.43. The molecule has 0 spiro atoms. The van der Waals surface area contributed by atoms with E-state index in [1.165, 1.54) is 5.69 Å². The van der Waals surface area contributed by atoms with Crippen molar-refractivity contribution >= 4 is 10.0 Å². The summed E-state index contributed by atoms with van der Waals surface area (Å²) < 4.78 is 28.0. The zero-order valence-corrected chi connectivity index (χ0v) is 16.2. The largest absolute Gasteiger partial charge is 0.291 e. The Balaban J connectivity index is 1.68. The van der Waals surface area contributed by atoms with Gasteiger partial charge in [-0.15, -0.1) is 0 Å². The minimum atomic E-state index is -3.14. The van der Waals surface area contributed by atoms with Crippen LogP contribution in [-0.4, -0.2) is 46.9 Å². The molecular formula is C18H27N5O2S. The molecule has 3 heterocycles. The van der Waals surface area contributed by atoms with Crippen LogP contribution < -0.4 is 4.72 Å². The lowest BCUT2D eigenvalue weighted by atomic mass is 10.1. The predicted octanol–water partition coefficient (Wildman–Crippen LogP) is 1.55. The Labute approximate surface area is 155 Å². The van der Waals surface area contributed by atoms with Crippen molar-refractivity contribution in [3.8, 4) is 0 Å². The molecule has 0 unspecified atom stereocenters. The van der Waals surface area contributed by atoms with Crippen LogP contribution in [-0.2, 0) is 29.7 Å². The first-order chi connectivity index (χ1) is 12.4. The Morgan fingerprint density at radius 2 is 2.12 bits per heavy atom. The molecule has 0 bridgehead atoms. The van der Waals surface area contributed by atoms with Gasteiger partial charge in [0, 0.05) is 44.6 Å². The van der Waals surface area contributed by atoms with Crippen LogP contribution in [0.2, 0.25) is 0 Å². The van der Waals surface area contributed by atoms with Gasteiger partial charge in [0.05, 0.1) is 17.1 Å². The van der Waals surface area contributed by atoms with Crippen molar-refractivity contribution in [1.82, 2.24) is 24.4 Å². The van der Waals surface area contributed by atoms with E-state index in [4.69, 9.17) is 0 Å². The summed E-state index contributed by atoms with van der Waals surface area (Å²) in [4.78, 5) is 6.99. The van der Waals surface area contributed by atoms with E-state index in [1.54, 1.807) is 6.92 Å². The van der Waals surface area contributed by atoms with Gasteiger partial charge in [-0.1, -0.05) is 6.07 Å². The van der Waals surface area contributed by atoms with Crippen molar-refractivity contribution in [2.75, 3.05) is 18.8 Å². The molecule has 1 aliphatic heterocycles. The molecule has 2 aromatic rings. The van der Waals surface area contributed by atoms with Gasteiger partial charge in [-0.3, -0.25) is 14.6 Å². The molecule has 0 amide bonds. The molecule has 7 nitrogen and oxygen atoms in total. The molecule has 26 heavy (non-hydrogen) atoms. The molecule has 0 radical (unpaired) electrons. The van der Waals surface area contributed by atoms with Crippen LogP contribution in [0.5, 0.6) is 0 Å². The van der Waals surface area contributed by atoms with Gasteiger partial charge in [-0.2, -0.15) is 5.10 Å². The van der Waals surface area contributed by atoms with Gasteiger partial charge in [0.1, 0.15) is 0 Å². The number of fused-ring (bicyclic) bond motifs is 1. The fourth-order valence-electron chi connectivity index (χ4n) is 3.36. The summed E-state index contributed by atoms with van der Waals surface area (Å²) in [6.45, 7) is 7.44. The van der Waals surface area contributed by atoms with Gasteiger partial charge in [0.2, 0.25) is 10.0 Å². The number of pyridine rings is 1. The molecule has 1 atom stereocenters. The second-order valence-corrected chi connectivity index (χ2v) is 8.99. The van der Waals surface area contributed by atoms with Crippen molar-refractivity contribution in [2.24, 2.45) is 5.92 Å². The van der Waals surface area contributed by atoms with E-state index >= 15 is 0 Å². The van der Waals surface area contributed by atoms with Crippen molar-refractivity contribution in [3.05, 3.63) is 47.5 Å². The first-order valence-electron chi connectivity index (χ1n) is 9.08. The van der Waals surface area contributed by atoms with E-state index in [-0.39, 0.29) is 5.75 Å². The van der Waals surface area contributed by atoms with Crippen molar-refractivity contribution in [3.63, 3.8) is 0 Å². The Kier molecular flexibility index (Phi) is 6.05. The normalized spacial score (nSPS) is 18.5. The predicted molar refractivity (Wildman–Crippen MR) is 101 cm³/mol. The third-order valence-corrected chi connectivity index (χ3v) is 6.13. The molecule has 0 saturated heterocycles. The van der Waals surface area contributed by atoms with E-state index in [1.807, 2.05) is 29.9 Å². The topological polar surface area (TPSA) is 80.1 Å². The van der Waals surface area contributed by atoms with Gasteiger partial charge < -0.3 is 0 Å². The summed E-state index contributed by atoms with van der Waals surface area (Å²) in [7, 11) is -3.14. The second-order valence-electron chi connectivity index (χ2n) is 6.90. The lowest BCUT2D eigenvalue weighted by molar-refractivity contribution is 0.213. The van der Waals surface area contributed by atoms with Crippen LogP contribution in [0.1, 0.15) is 30.4 Å². The van der Waals surface area contributed by atoms with Crippen molar-refractivity contribution in [1.29, 1.82) is 0 Å². The van der Waals surface area contributed by atoms with E-state index in [0.29, 0.717) is 12.5 Å². The number of nitrogens with one attached hydrogen (secondary N) is 1. The van der Waals surface area contributed by atoms with Gasteiger partial charge in [0.25, 0.3) is 0 Å². The fraction of sp³-hybridized carbons (Fsp3) is 0.556. The second kappa shape index (κ2) is 8.28.